The fraction of sp³-hybridized carbons (Fsp3) is 0.364. The van der Waals surface area contributed by atoms with Crippen molar-refractivity contribution in [3.8, 4) is 0 Å². The standard InChI is InChI=1S/C11H15FN2O/c1-8(13-11(15)14(2)3)9-4-6-10(12)7-5-9/h4-8H,1-3H3,(H,13,15). The molecule has 1 N–H and O–H groups in total. The molecule has 3 nitrogen and oxygen atoms in total. The first-order valence-electron chi connectivity index (χ1n) is 4.74. The summed E-state index contributed by atoms with van der Waals surface area (Å²) in [6, 6.07) is 5.81. The molecule has 15 heavy (non-hydrogen) atoms. The summed E-state index contributed by atoms with van der Waals surface area (Å²) in [4.78, 5) is 12.8. The zero-order valence-electron chi connectivity index (χ0n) is 9.12. The number of carbonyl (C=O) groups excluding carboxylic acids is 1. The van der Waals surface area contributed by atoms with Gasteiger partial charge in [-0.2, -0.15) is 0 Å². The molecule has 1 unspecified atom stereocenters. The molecule has 0 saturated carbocycles. The van der Waals surface area contributed by atoms with Crippen molar-refractivity contribution in [1.29, 1.82) is 0 Å². The number of benzene rings is 1. The third-order valence-corrected chi connectivity index (χ3v) is 2.12. The predicted molar refractivity (Wildman–Crippen MR) is 57.0 cm³/mol. The first-order chi connectivity index (χ1) is 7.00. The van der Waals surface area contributed by atoms with E-state index in [1.165, 1.54) is 17.0 Å². The molecule has 2 amide bonds. The third kappa shape index (κ3) is 3.23. The van der Waals surface area contributed by atoms with E-state index < -0.39 is 0 Å². The summed E-state index contributed by atoms with van der Waals surface area (Å²) in [5.41, 5.74) is 0.881. The minimum atomic E-state index is -0.273. The number of halogens is 1. The number of nitrogens with zero attached hydrogens (tertiary/aromatic N) is 1. The minimum absolute atomic E-state index is 0.125. The van der Waals surface area contributed by atoms with Crippen molar-refractivity contribution in [2.75, 3.05) is 14.1 Å². The maximum atomic E-state index is 12.6. The van der Waals surface area contributed by atoms with Gasteiger partial charge in [-0.1, -0.05) is 12.1 Å². The summed E-state index contributed by atoms with van der Waals surface area (Å²) in [7, 11) is 3.35. The Morgan fingerprint density at radius 1 is 1.33 bits per heavy atom. The molecule has 0 saturated heterocycles. The van der Waals surface area contributed by atoms with Crippen LogP contribution in [0.25, 0.3) is 0 Å². The Morgan fingerprint density at radius 2 is 1.87 bits per heavy atom. The Morgan fingerprint density at radius 3 is 2.33 bits per heavy atom. The molecule has 82 valence electrons. The van der Waals surface area contributed by atoms with Crippen LogP contribution in [0.15, 0.2) is 24.3 Å². The lowest BCUT2D eigenvalue weighted by Crippen LogP contribution is -2.36. The van der Waals surface area contributed by atoms with Gasteiger partial charge in [-0.25, -0.2) is 9.18 Å². The smallest absolute Gasteiger partial charge is 0.317 e. The van der Waals surface area contributed by atoms with Crippen molar-refractivity contribution in [2.24, 2.45) is 0 Å². The van der Waals surface area contributed by atoms with E-state index in [0.29, 0.717) is 0 Å². The highest BCUT2D eigenvalue weighted by Crippen LogP contribution is 2.12. The SMILES string of the molecule is CC(NC(=O)N(C)C)c1ccc(F)cc1. The molecule has 0 aromatic heterocycles. The van der Waals surface area contributed by atoms with E-state index in [9.17, 15) is 9.18 Å². The lowest BCUT2D eigenvalue weighted by atomic mass is 10.1. The molecular weight excluding hydrogens is 195 g/mol. The van der Waals surface area contributed by atoms with Gasteiger partial charge in [0.1, 0.15) is 5.82 Å². The van der Waals surface area contributed by atoms with Crippen LogP contribution in [0.2, 0.25) is 0 Å². The van der Waals surface area contributed by atoms with Crippen molar-refractivity contribution in [3.05, 3.63) is 35.6 Å². The topological polar surface area (TPSA) is 32.3 Å². The summed E-state index contributed by atoms with van der Waals surface area (Å²) >= 11 is 0. The Kier molecular flexibility index (Phi) is 3.66. The molecule has 0 bridgehead atoms. The van der Waals surface area contributed by atoms with E-state index in [2.05, 4.69) is 5.32 Å². The molecule has 0 spiro atoms. The second-order valence-corrected chi connectivity index (χ2v) is 3.62. The van der Waals surface area contributed by atoms with Crippen molar-refractivity contribution in [2.45, 2.75) is 13.0 Å². The van der Waals surface area contributed by atoms with E-state index in [0.717, 1.165) is 5.56 Å². The highest BCUT2D eigenvalue weighted by molar-refractivity contribution is 5.73. The van der Waals surface area contributed by atoms with E-state index in [-0.39, 0.29) is 17.9 Å². The van der Waals surface area contributed by atoms with Gasteiger partial charge in [0.15, 0.2) is 0 Å². The second-order valence-electron chi connectivity index (χ2n) is 3.62. The maximum absolute atomic E-state index is 12.6. The largest absolute Gasteiger partial charge is 0.331 e. The zero-order chi connectivity index (χ0) is 11.4. The summed E-state index contributed by atoms with van der Waals surface area (Å²) in [5, 5.41) is 2.78. The van der Waals surface area contributed by atoms with Crippen LogP contribution in [-0.2, 0) is 0 Å². The van der Waals surface area contributed by atoms with Gasteiger partial charge in [-0.3, -0.25) is 0 Å². The number of hydrogen-bond acceptors (Lipinski definition) is 1. The Balaban J connectivity index is 2.65. The average molecular weight is 210 g/mol. The van der Waals surface area contributed by atoms with Crippen LogP contribution in [-0.4, -0.2) is 25.0 Å². The van der Waals surface area contributed by atoms with Crippen LogP contribution >= 0.6 is 0 Å². The molecule has 0 radical (unpaired) electrons. The van der Waals surface area contributed by atoms with Crippen LogP contribution in [0, 0.1) is 5.82 Å². The Labute approximate surface area is 88.9 Å². The fourth-order valence-corrected chi connectivity index (χ4v) is 1.15. The highest BCUT2D eigenvalue weighted by atomic mass is 19.1. The van der Waals surface area contributed by atoms with Gasteiger partial charge in [0, 0.05) is 14.1 Å². The predicted octanol–water partition coefficient (Wildman–Crippen LogP) is 2.16. The molecule has 0 aliphatic carbocycles. The summed E-state index contributed by atoms with van der Waals surface area (Å²) in [5.74, 6) is -0.273. The van der Waals surface area contributed by atoms with Crippen LogP contribution in [0.5, 0.6) is 0 Å². The molecule has 0 fully saturated rings. The molecular formula is C11H15FN2O. The van der Waals surface area contributed by atoms with E-state index in [1.54, 1.807) is 26.2 Å². The van der Waals surface area contributed by atoms with E-state index in [4.69, 9.17) is 0 Å². The molecule has 1 atom stereocenters. The van der Waals surface area contributed by atoms with Crippen LogP contribution in [0.3, 0.4) is 0 Å². The van der Waals surface area contributed by atoms with Gasteiger partial charge in [0.25, 0.3) is 0 Å². The van der Waals surface area contributed by atoms with Gasteiger partial charge in [-0.15, -0.1) is 0 Å². The Hall–Kier alpha value is -1.58. The zero-order valence-corrected chi connectivity index (χ0v) is 9.12. The van der Waals surface area contributed by atoms with Crippen molar-refractivity contribution < 1.29 is 9.18 Å². The molecule has 1 aromatic rings. The molecule has 1 rings (SSSR count). The van der Waals surface area contributed by atoms with Gasteiger partial charge in [0.05, 0.1) is 6.04 Å². The molecule has 0 aliphatic rings. The number of hydrogen-bond donors (Lipinski definition) is 1. The number of nitrogens with one attached hydrogen (secondary N) is 1. The van der Waals surface area contributed by atoms with E-state index in [1.807, 2.05) is 6.92 Å². The lowest BCUT2D eigenvalue weighted by molar-refractivity contribution is 0.214. The van der Waals surface area contributed by atoms with Gasteiger partial charge in [-0.05, 0) is 24.6 Å². The number of rotatable bonds is 2. The van der Waals surface area contributed by atoms with Crippen molar-refractivity contribution >= 4 is 6.03 Å². The molecule has 0 aliphatic heterocycles. The first-order valence-corrected chi connectivity index (χ1v) is 4.74. The average Bonchev–Trinajstić information content (AvgIpc) is 2.18. The first kappa shape index (κ1) is 11.5. The number of carbonyl (C=O) groups is 1. The molecule has 0 heterocycles. The highest BCUT2D eigenvalue weighted by Gasteiger charge is 2.10. The van der Waals surface area contributed by atoms with Crippen LogP contribution in [0.4, 0.5) is 9.18 Å². The number of amides is 2. The minimum Gasteiger partial charge on any atom is -0.331 e. The fourth-order valence-electron chi connectivity index (χ4n) is 1.15. The summed E-state index contributed by atoms with van der Waals surface area (Å²) in [6.45, 7) is 1.86. The third-order valence-electron chi connectivity index (χ3n) is 2.12. The van der Waals surface area contributed by atoms with Crippen molar-refractivity contribution in [1.82, 2.24) is 10.2 Å². The normalized spacial score (nSPS) is 12.0. The summed E-state index contributed by atoms with van der Waals surface area (Å²) < 4.78 is 12.6. The monoisotopic (exact) mass is 210 g/mol. The quantitative estimate of drug-likeness (QED) is 0.797. The molecule has 1 aromatic carbocycles. The number of urea groups is 1. The van der Waals surface area contributed by atoms with Crippen LogP contribution in [0.1, 0.15) is 18.5 Å². The van der Waals surface area contributed by atoms with Gasteiger partial charge < -0.3 is 10.2 Å². The Bertz CT molecular complexity index is 335. The maximum Gasteiger partial charge on any atom is 0.317 e. The van der Waals surface area contributed by atoms with Crippen LogP contribution < -0.4 is 5.32 Å². The van der Waals surface area contributed by atoms with E-state index >= 15 is 0 Å². The lowest BCUT2D eigenvalue weighted by Gasteiger charge is -2.18. The van der Waals surface area contributed by atoms with Gasteiger partial charge in [0.2, 0.25) is 0 Å². The second kappa shape index (κ2) is 4.77. The van der Waals surface area contributed by atoms with Crippen molar-refractivity contribution in [3.63, 3.8) is 0 Å². The van der Waals surface area contributed by atoms with Gasteiger partial charge >= 0.3 is 6.03 Å². The summed E-state index contributed by atoms with van der Waals surface area (Å²) in [6.07, 6.45) is 0. The molecule has 4 heteroatoms.